The molecule has 174 valence electrons. The van der Waals surface area contributed by atoms with Gasteiger partial charge in [0.15, 0.2) is 11.5 Å². The number of esters is 1. The molecule has 3 saturated carbocycles. The maximum atomic E-state index is 13.4. The van der Waals surface area contributed by atoms with E-state index in [2.05, 4.69) is 37.3 Å². The number of Topliss-reactive ketones (excluding diaryl/α,β-unsaturated/α-hetero) is 1. The molecule has 0 aliphatic heterocycles. The zero-order chi connectivity index (χ0) is 23.5. The van der Waals surface area contributed by atoms with E-state index in [-0.39, 0.29) is 40.5 Å². The van der Waals surface area contributed by atoms with Crippen LogP contribution in [0.15, 0.2) is 25.0 Å². The Hall–Kier alpha value is -2.28. The van der Waals surface area contributed by atoms with Crippen LogP contribution in [0.1, 0.15) is 70.3 Å². The first-order valence-corrected chi connectivity index (χ1v) is 11.6. The molecule has 3 aliphatic carbocycles. The number of aliphatic hydroxyl groups is 1. The van der Waals surface area contributed by atoms with Gasteiger partial charge < -0.3 is 15.6 Å². The molecule has 32 heavy (non-hydrogen) atoms. The van der Waals surface area contributed by atoms with Gasteiger partial charge in [0.25, 0.3) is 0 Å². The van der Waals surface area contributed by atoms with Crippen molar-refractivity contribution >= 4 is 17.6 Å². The highest BCUT2D eigenvalue weighted by Crippen LogP contribution is 2.68. The second-order valence-corrected chi connectivity index (χ2v) is 10.8. The van der Waals surface area contributed by atoms with Crippen molar-refractivity contribution in [1.82, 2.24) is 9.97 Å². The third-order valence-corrected chi connectivity index (χ3v) is 9.47. The standard InChI is InChI=1S/C25H35N3O4/c1-6-23(4)13-17(32-22(31)18-21(26)28-12-11-27-18)24(5)14(2)7-9-25(15(3)20(23)30)10-8-16(29)19(24)25/h6,11-12,14-15,17,19-20,30H,1,7-10,13H2,2-5H3,(H2,26,28)/t14-,15+,17-,19?,20+,23-,24+,25?/m1/s1. The summed E-state index contributed by atoms with van der Waals surface area (Å²) in [7, 11) is 0. The number of hydrogen-bond donors (Lipinski definition) is 2. The van der Waals surface area contributed by atoms with Crippen LogP contribution in [0.5, 0.6) is 0 Å². The summed E-state index contributed by atoms with van der Waals surface area (Å²) in [6, 6.07) is 0. The Morgan fingerprint density at radius 3 is 2.62 bits per heavy atom. The van der Waals surface area contributed by atoms with Crippen molar-refractivity contribution in [2.45, 2.75) is 72.0 Å². The second kappa shape index (κ2) is 7.65. The monoisotopic (exact) mass is 441 g/mol. The van der Waals surface area contributed by atoms with Crippen LogP contribution in [-0.2, 0) is 9.53 Å². The number of ether oxygens (including phenoxy) is 1. The minimum Gasteiger partial charge on any atom is -0.457 e. The van der Waals surface area contributed by atoms with Gasteiger partial charge in [-0.15, -0.1) is 6.58 Å². The van der Waals surface area contributed by atoms with Crippen molar-refractivity contribution in [2.75, 3.05) is 5.73 Å². The van der Waals surface area contributed by atoms with Gasteiger partial charge in [-0.1, -0.05) is 33.8 Å². The van der Waals surface area contributed by atoms with E-state index in [0.29, 0.717) is 12.8 Å². The van der Waals surface area contributed by atoms with Crippen molar-refractivity contribution in [3.63, 3.8) is 0 Å². The summed E-state index contributed by atoms with van der Waals surface area (Å²) in [4.78, 5) is 34.6. The molecule has 0 amide bonds. The summed E-state index contributed by atoms with van der Waals surface area (Å²) in [5.41, 5.74) is 4.30. The number of anilines is 1. The molecule has 1 aromatic heterocycles. The molecule has 0 saturated heterocycles. The van der Waals surface area contributed by atoms with E-state index in [4.69, 9.17) is 10.5 Å². The fourth-order valence-electron chi connectivity index (χ4n) is 7.19. The number of nitrogens with two attached hydrogens (primary N) is 1. The maximum Gasteiger partial charge on any atom is 0.361 e. The average Bonchev–Trinajstić information content (AvgIpc) is 3.12. The first kappa shape index (κ1) is 22.9. The van der Waals surface area contributed by atoms with Gasteiger partial charge in [0.2, 0.25) is 0 Å². The Morgan fingerprint density at radius 1 is 1.28 bits per heavy atom. The van der Waals surface area contributed by atoms with E-state index >= 15 is 0 Å². The summed E-state index contributed by atoms with van der Waals surface area (Å²) in [6.07, 6.45) is 6.75. The lowest BCUT2D eigenvalue weighted by Gasteiger charge is -2.61. The molecule has 7 heteroatoms. The van der Waals surface area contributed by atoms with Gasteiger partial charge >= 0.3 is 5.97 Å². The zero-order valence-electron chi connectivity index (χ0n) is 19.5. The Bertz CT molecular complexity index is 951. The van der Waals surface area contributed by atoms with Crippen LogP contribution in [0.25, 0.3) is 0 Å². The fraction of sp³-hybridized carbons (Fsp3) is 0.680. The Morgan fingerprint density at radius 2 is 1.97 bits per heavy atom. The lowest BCUT2D eigenvalue weighted by molar-refractivity contribution is -0.192. The van der Waals surface area contributed by atoms with Crippen LogP contribution in [0, 0.1) is 34.0 Å². The van der Waals surface area contributed by atoms with E-state index in [9.17, 15) is 14.7 Å². The van der Waals surface area contributed by atoms with Crippen LogP contribution in [0.4, 0.5) is 5.82 Å². The van der Waals surface area contributed by atoms with E-state index in [1.807, 2.05) is 6.92 Å². The summed E-state index contributed by atoms with van der Waals surface area (Å²) in [5, 5.41) is 11.5. The number of aromatic nitrogens is 2. The van der Waals surface area contributed by atoms with E-state index < -0.39 is 29.0 Å². The third-order valence-electron chi connectivity index (χ3n) is 9.47. The van der Waals surface area contributed by atoms with Gasteiger partial charge in [0.05, 0.1) is 6.10 Å². The molecule has 8 atom stereocenters. The van der Waals surface area contributed by atoms with Crippen molar-refractivity contribution in [3.05, 3.63) is 30.7 Å². The first-order valence-electron chi connectivity index (χ1n) is 11.6. The van der Waals surface area contributed by atoms with Crippen molar-refractivity contribution in [1.29, 1.82) is 0 Å². The number of ketones is 1. The Labute approximate surface area is 189 Å². The summed E-state index contributed by atoms with van der Waals surface area (Å²) in [6.45, 7) is 12.3. The number of carbonyl (C=O) groups excluding carboxylic acids is 2. The zero-order valence-corrected chi connectivity index (χ0v) is 19.5. The molecule has 1 aromatic rings. The predicted molar refractivity (Wildman–Crippen MR) is 120 cm³/mol. The highest BCUT2D eigenvalue weighted by Gasteiger charge is 2.68. The molecule has 3 N–H and O–H groups in total. The average molecular weight is 442 g/mol. The smallest absolute Gasteiger partial charge is 0.361 e. The van der Waals surface area contributed by atoms with Gasteiger partial charge in [-0.2, -0.15) is 0 Å². The van der Waals surface area contributed by atoms with Gasteiger partial charge in [0.1, 0.15) is 11.9 Å². The van der Waals surface area contributed by atoms with E-state index in [1.165, 1.54) is 12.4 Å². The van der Waals surface area contributed by atoms with Crippen LogP contribution < -0.4 is 5.73 Å². The highest BCUT2D eigenvalue weighted by atomic mass is 16.5. The number of nitrogen functional groups attached to an aromatic ring is 1. The van der Waals surface area contributed by atoms with Crippen molar-refractivity contribution in [2.24, 2.45) is 34.0 Å². The summed E-state index contributed by atoms with van der Waals surface area (Å²) in [5.74, 6) is -0.589. The van der Waals surface area contributed by atoms with Gasteiger partial charge in [-0.25, -0.2) is 14.8 Å². The molecule has 4 rings (SSSR count). The van der Waals surface area contributed by atoms with Gasteiger partial charge in [-0.05, 0) is 42.9 Å². The summed E-state index contributed by atoms with van der Waals surface area (Å²) >= 11 is 0. The van der Waals surface area contributed by atoms with Crippen LogP contribution in [0.2, 0.25) is 0 Å². The Kier molecular flexibility index (Phi) is 5.47. The number of aliphatic hydroxyl groups excluding tert-OH is 1. The molecule has 0 spiro atoms. The molecule has 3 fully saturated rings. The molecule has 2 bridgehead atoms. The molecule has 3 aliphatic rings. The first-order chi connectivity index (χ1) is 15.0. The molecular weight excluding hydrogens is 406 g/mol. The van der Waals surface area contributed by atoms with Gasteiger partial charge in [0, 0.05) is 35.6 Å². The number of hydrogen-bond acceptors (Lipinski definition) is 7. The van der Waals surface area contributed by atoms with E-state index in [1.54, 1.807) is 6.08 Å². The topological polar surface area (TPSA) is 115 Å². The molecule has 0 aromatic carbocycles. The van der Waals surface area contributed by atoms with Crippen molar-refractivity contribution < 1.29 is 19.4 Å². The summed E-state index contributed by atoms with van der Waals surface area (Å²) < 4.78 is 6.15. The predicted octanol–water partition coefficient (Wildman–Crippen LogP) is 3.58. The number of rotatable bonds is 3. The largest absolute Gasteiger partial charge is 0.457 e. The lowest BCUT2D eigenvalue weighted by Crippen LogP contribution is -2.63. The molecule has 1 heterocycles. The second-order valence-electron chi connectivity index (χ2n) is 10.8. The minimum atomic E-state index is -0.700. The normalized spacial score (nSPS) is 43.7. The van der Waals surface area contributed by atoms with Crippen molar-refractivity contribution in [3.8, 4) is 0 Å². The minimum absolute atomic E-state index is 0.0108. The van der Waals surface area contributed by atoms with E-state index in [0.717, 1.165) is 19.3 Å². The van der Waals surface area contributed by atoms with Crippen LogP contribution >= 0.6 is 0 Å². The molecular formula is C25H35N3O4. The van der Waals surface area contributed by atoms with Crippen LogP contribution in [-0.4, -0.2) is 39.0 Å². The molecule has 0 radical (unpaired) electrons. The quantitative estimate of drug-likeness (QED) is 0.544. The molecule has 7 nitrogen and oxygen atoms in total. The maximum absolute atomic E-state index is 13.4. The fourth-order valence-corrected chi connectivity index (χ4v) is 7.19. The van der Waals surface area contributed by atoms with Gasteiger partial charge in [-0.3, -0.25) is 4.79 Å². The molecule has 2 unspecified atom stereocenters. The Balaban J connectivity index is 1.85. The highest BCUT2D eigenvalue weighted by molar-refractivity contribution is 5.92. The van der Waals surface area contributed by atoms with Crippen LogP contribution in [0.3, 0.4) is 0 Å². The SMILES string of the molecule is C=C[C@]1(C)C[C@@H](OC(=O)c2nccnc2N)[C@@]2(C)C3C(=O)CCC3(CC[C@H]2C)[C@@H](C)[C@@H]1O. The third kappa shape index (κ3) is 3.04. The lowest BCUT2D eigenvalue weighted by atomic mass is 9.44. The number of nitrogens with zero attached hydrogens (tertiary/aromatic N) is 2. The number of carbonyl (C=O) groups is 2.